The summed E-state index contributed by atoms with van der Waals surface area (Å²) in [4.78, 5) is 29.0. The van der Waals surface area contributed by atoms with Crippen LogP contribution in [0.5, 0.6) is 0 Å². The maximum Gasteiger partial charge on any atom is 0.290 e. The third kappa shape index (κ3) is 5.01. The first-order valence-electron chi connectivity index (χ1n) is 8.54. The Morgan fingerprint density at radius 2 is 1.89 bits per heavy atom. The number of rotatable bonds is 7. The van der Waals surface area contributed by atoms with Crippen molar-refractivity contribution in [2.45, 2.75) is 32.4 Å². The van der Waals surface area contributed by atoms with Gasteiger partial charge in [0.1, 0.15) is 10.7 Å². The molecule has 0 aliphatic carbocycles. The summed E-state index contributed by atoms with van der Waals surface area (Å²) in [6.45, 7) is 3.78. The highest BCUT2D eigenvalue weighted by molar-refractivity contribution is 7.09. The summed E-state index contributed by atoms with van der Waals surface area (Å²) in [5.74, 6) is -0.480. The first-order valence-corrected chi connectivity index (χ1v) is 9.42. The molecule has 3 aromatic rings. The van der Waals surface area contributed by atoms with Gasteiger partial charge in [-0.15, -0.1) is 11.3 Å². The minimum atomic E-state index is -0.393. The highest BCUT2D eigenvalue weighted by Gasteiger charge is 2.23. The summed E-state index contributed by atoms with van der Waals surface area (Å²) in [6, 6.07) is 10.9. The lowest BCUT2D eigenvalue weighted by Crippen LogP contribution is -2.31. The predicted octanol–water partition coefficient (Wildman–Crippen LogP) is 2.98. The number of carbonyl (C=O) groups excluding carboxylic acids is 2. The molecule has 8 heteroatoms. The number of thiazole rings is 1. The maximum absolute atomic E-state index is 12.4. The molecule has 140 valence electrons. The molecule has 0 spiro atoms. The van der Waals surface area contributed by atoms with Crippen LogP contribution in [0.2, 0.25) is 0 Å². The van der Waals surface area contributed by atoms with Gasteiger partial charge in [0.2, 0.25) is 5.76 Å². The van der Waals surface area contributed by atoms with Gasteiger partial charge in [-0.3, -0.25) is 9.59 Å². The summed E-state index contributed by atoms with van der Waals surface area (Å²) in [7, 11) is 0. The lowest BCUT2D eigenvalue weighted by molar-refractivity contribution is 0.0898. The van der Waals surface area contributed by atoms with Gasteiger partial charge >= 0.3 is 0 Å². The van der Waals surface area contributed by atoms with E-state index in [2.05, 4.69) is 20.8 Å². The Bertz CT molecular complexity index is 891. The fraction of sp³-hybridized carbons (Fsp3) is 0.263. The molecule has 2 aromatic heterocycles. The van der Waals surface area contributed by atoms with E-state index in [0.717, 1.165) is 5.56 Å². The normalized spacial score (nSPS) is 12.0. The van der Waals surface area contributed by atoms with Crippen molar-refractivity contribution >= 4 is 23.2 Å². The maximum atomic E-state index is 12.4. The highest BCUT2D eigenvalue weighted by atomic mass is 32.1. The van der Waals surface area contributed by atoms with Gasteiger partial charge in [-0.2, -0.15) is 0 Å². The van der Waals surface area contributed by atoms with Crippen LogP contribution in [0, 0.1) is 0 Å². The second kappa shape index (κ2) is 8.59. The topological polar surface area (TPSA) is 97.1 Å². The van der Waals surface area contributed by atoms with Crippen LogP contribution in [0.1, 0.15) is 51.5 Å². The van der Waals surface area contributed by atoms with Crippen LogP contribution in [0.4, 0.5) is 0 Å². The number of carbonyl (C=O) groups is 2. The van der Waals surface area contributed by atoms with Crippen LogP contribution in [0.15, 0.2) is 52.5 Å². The van der Waals surface area contributed by atoms with Crippen molar-refractivity contribution in [1.82, 2.24) is 20.8 Å². The van der Waals surface area contributed by atoms with Crippen LogP contribution in [0.25, 0.3) is 0 Å². The quantitative estimate of drug-likeness (QED) is 0.653. The van der Waals surface area contributed by atoms with Crippen molar-refractivity contribution in [1.29, 1.82) is 0 Å². The Labute approximate surface area is 160 Å². The first-order chi connectivity index (χ1) is 13.0. The molecule has 3 rings (SSSR count). The zero-order chi connectivity index (χ0) is 19.2. The van der Waals surface area contributed by atoms with Crippen molar-refractivity contribution in [3.63, 3.8) is 0 Å². The van der Waals surface area contributed by atoms with Gasteiger partial charge in [0.25, 0.3) is 11.8 Å². The molecular formula is C19H20N4O3S. The van der Waals surface area contributed by atoms with Crippen LogP contribution in [-0.4, -0.2) is 28.0 Å². The molecule has 7 nitrogen and oxygen atoms in total. The molecule has 1 aromatic carbocycles. The number of hydrogen-bond donors (Lipinski definition) is 2. The highest BCUT2D eigenvalue weighted by Crippen LogP contribution is 2.23. The van der Waals surface area contributed by atoms with Crippen molar-refractivity contribution in [3.8, 4) is 0 Å². The molecule has 0 saturated heterocycles. The van der Waals surface area contributed by atoms with E-state index in [-0.39, 0.29) is 23.6 Å². The number of nitrogens with one attached hydrogen (secondary N) is 2. The molecule has 0 fully saturated rings. The fourth-order valence-corrected chi connectivity index (χ4v) is 3.35. The smallest absolute Gasteiger partial charge is 0.290 e. The molecule has 0 saturated carbocycles. The van der Waals surface area contributed by atoms with E-state index >= 15 is 0 Å². The number of amides is 2. The molecule has 2 heterocycles. The van der Waals surface area contributed by atoms with Crippen molar-refractivity contribution < 1.29 is 14.1 Å². The largest absolute Gasteiger partial charge is 0.351 e. The van der Waals surface area contributed by atoms with Crippen molar-refractivity contribution in [2.75, 3.05) is 0 Å². The molecule has 1 atom stereocenters. The second-order valence-corrected chi connectivity index (χ2v) is 7.18. The molecule has 0 aliphatic rings. The fourth-order valence-electron chi connectivity index (χ4n) is 2.50. The van der Waals surface area contributed by atoms with Gasteiger partial charge < -0.3 is 15.2 Å². The number of aromatic nitrogens is 2. The SMILES string of the molecule is CC(C)NC(=O)c1csc([C@H](Cc2ccccc2)NC(=O)c2ccno2)n1. The summed E-state index contributed by atoms with van der Waals surface area (Å²) in [5, 5.41) is 11.7. The van der Waals surface area contributed by atoms with Crippen LogP contribution >= 0.6 is 11.3 Å². The van der Waals surface area contributed by atoms with Gasteiger partial charge in [0.15, 0.2) is 0 Å². The predicted molar refractivity (Wildman–Crippen MR) is 102 cm³/mol. The molecule has 27 heavy (non-hydrogen) atoms. The van der Waals surface area contributed by atoms with Crippen molar-refractivity contribution in [2.24, 2.45) is 0 Å². The van der Waals surface area contributed by atoms with Gasteiger partial charge in [-0.25, -0.2) is 4.98 Å². The Balaban J connectivity index is 1.82. The summed E-state index contributed by atoms with van der Waals surface area (Å²) in [6.07, 6.45) is 1.96. The van der Waals surface area contributed by atoms with Gasteiger partial charge in [-0.05, 0) is 25.8 Å². The first kappa shape index (κ1) is 18.8. The molecule has 0 bridgehead atoms. The van der Waals surface area contributed by atoms with E-state index in [1.54, 1.807) is 5.38 Å². The summed E-state index contributed by atoms with van der Waals surface area (Å²) in [5.41, 5.74) is 1.39. The molecule has 0 radical (unpaired) electrons. The zero-order valence-electron chi connectivity index (χ0n) is 15.0. The molecule has 0 unspecified atom stereocenters. The average molecular weight is 384 g/mol. The van der Waals surface area contributed by atoms with E-state index in [4.69, 9.17) is 4.52 Å². The molecule has 0 aliphatic heterocycles. The summed E-state index contributed by atoms with van der Waals surface area (Å²) >= 11 is 1.34. The Kier molecular flexibility index (Phi) is 5.97. The summed E-state index contributed by atoms with van der Waals surface area (Å²) < 4.78 is 4.93. The van der Waals surface area contributed by atoms with E-state index in [1.807, 2.05) is 44.2 Å². The van der Waals surface area contributed by atoms with Gasteiger partial charge in [-0.1, -0.05) is 35.5 Å². The lowest BCUT2D eigenvalue weighted by Gasteiger charge is -2.16. The second-order valence-electron chi connectivity index (χ2n) is 6.29. The number of benzene rings is 1. The van der Waals surface area contributed by atoms with E-state index in [1.165, 1.54) is 23.6 Å². The molecule has 2 N–H and O–H groups in total. The standard InChI is InChI=1S/C19H20N4O3S/c1-12(2)21-17(24)15-11-27-19(23-15)14(10-13-6-4-3-5-7-13)22-18(25)16-8-9-20-26-16/h3-9,11-12,14H,10H2,1-2H3,(H,21,24)(H,22,25)/t14-/m0/s1. The number of hydrogen-bond acceptors (Lipinski definition) is 6. The third-order valence-electron chi connectivity index (χ3n) is 3.72. The van der Waals surface area contributed by atoms with Gasteiger partial charge in [0.05, 0.1) is 12.2 Å². The van der Waals surface area contributed by atoms with E-state index in [0.29, 0.717) is 17.1 Å². The lowest BCUT2D eigenvalue weighted by atomic mass is 10.1. The zero-order valence-corrected chi connectivity index (χ0v) is 15.8. The Morgan fingerprint density at radius 3 is 2.56 bits per heavy atom. The van der Waals surface area contributed by atoms with Gasteiger partial charge in [0, 0.05) is 17.5 Å². The Morgan fingerprint density at radius 1 is 1.11 bits per heavy atom. The minimum Gasteiger partial charge on any atom is -0.351 e. The van der Waals surface area contributed by atoms with E-state index < -0.39 is 6.04 Å². The van der Waals surface area contributed by atoms with Crippen molar-refractivity contribution in [3.05, 3.63) is 70.0 Å². The molecular weight excluding hydrogens is 364 g/mol. The average Bonchev–Trinajstić information content (AvgIpc) is 3.33. The Hall–Kier alpha value is -3.00. The van der Waals surface area contributed by atoms with Crippen LogP contribution < -0.4 is 10.6 Å². The molecule has 2 amide bonds. The van der Waals surface area contributed by atoms with Crippen LogP contribution in [0.3, 0.4) is 0 Å². The monoisotopic (exact) mass is 384 g/mol. The third-order valence-corrected chi connectivity index (χ3v) is 4.68. The minimum absolute atomic E-state index is 0.0221. The van der Waals surface area contributed by atoms with Crippen LogP contribution in [-0.2, 0) is 6.42 Å². The van der Waals surface area contributed by atoms with E-state index in [9.17, 15) is 9.59 Å². The number of nitrogens with zero attached hydrogens (tertiary/aromatic N) is 2.